The highest BCUT2D eigenvalue weighted by atomic mass is 19.1. The lowest BCUT2D eigenvalue weighted by Gasteiger charge is -2.11. The smallest absolute Gasteiger partial charge is 0.271 e. The van der Waals surface area contributed by atoms with Crippen molar-refractivity contribution in [1.82, 2.24) is 5.43 Å². The number of fused-ring (bicyclic) bond motifs is 1. The summed E-state index contributed by atoms with van der Waals surface area (Å²) >= 11 is 0. The quantitative estimate of drug-likeness (QED) is 0.289. The molecule has 0 aliphatic heterocycles. The fourth-order valence-electron chi connectivity index (χ4n) is 3.42. The minimum atomic E-state index is -0.857. The molecule has 4 aromatic rings. The van der Waals surface area contributed by atoms with Crippen LogP contribution in [0.3, 0.4) is 0 Å². The first-order valence-electron chi connectivity index (χ1n) is 10.2. The molecular formula is C26H16F2N4O3. The van der Waals surface area contributed by atoms with Gasteiger partial charge >= 0.3 is 0 Å². The van der Waals surface area contributed by atoms with Crippen LogP contribution in [0.1, 0.15) is 31.8 Å². The number of hydrogen-bond acceptors (Lipinski definition) is 5. The van der Waals surface area contributed by atoms with Gasteiger partial charge < -0.3 is 10.4 Å². The minimum Gasteiger partial charge on any atom is -0.507 e. The number of anilines is 1. The van der Waals surface area contributed by atoms with E-state index in [1.165, 1.54) is 24.4 Å². The van der Waals surface area contributed by atoms with Crippen LogP contribution in [-0.2, 0) is 0 Å². The number of hydrogen-bond donors (Lipinski definition) is 3. The second-order valence-electron chi connectivity index (χ2n) is 7.40. The average molecular weight is 470 g/mol. The zero-order valence-corrected chi connectivity index (χ0v) is 17.9. The molecule has 0 fully saturated rings. The van der Waals surface area contributed by atoms with Crippen LogP contribution < -0.4 is 10.7 Å². The van der Waals surface area contributed by atoms with Crippen molar-refractivity contribution in [2.45, 2.75) is 0 Å². The number of carbonyl (C=O) groups is 2. The number of phenols is 1. The van der Waals surface area contributed by atoms with Crippen LogP contribution in [-0.4, -0.2) is 23.1 Å². The van der Waals surface area contributed by atoms with E-state index in [9.17, 15) is 23.5 Å². The van der Waals surface area contributed by atoms with Crippen molar-refractivity contribution < 1.29 is 23.5 Å². The number of benzene rings is 4. The number of aromatic hydroxyl groups is 1. The number of amides is 2. The molecule has 0 bridgehead atoms. The Morgan fingerprint density at radius 3 is 2.31 bits per heavy atom. The number of halogens is 2. The maximum absolute atomic E-state index is 13.5. The molecule has 0 atom stereocenters. The highest BCUT2D eigenvalue weighted by molar-refractivity contribution is 6.12. The predicted molar refractivity (Wildman–Crippen MR) is 126 cm³/mol. The normalized spacial score (nSPS) is 10.8. The number of rotatable bonds is 5. The first kappa shape index (κ1) is 23.1. The second-order valence-corrected chi connectivity index (χ2v) is 7.40. The van der Waals surface area contributed by atoms with Gasteiger partial charge in [0.25, 0.3) is 11.8 Å². The maximum Gasteiger partial charge on any atom is 0.271 e. The van der Waals surface area contributed by atoms with Crippen molar-refractivity contribution in [3.05, 3.63) is 107 Å². The summed E-state index contributed by atoms with van der Waals surface area (Å²) in [5, 5.41) is 26.5. The van der Waals surface area contributed by atoms with E-state index in [0.29, 0.717) is 28.1 Å². The Morgan fingerprint density at radius 2 is 1.60 bits per heavy atom. The van der Waals surface area contributed by atoms with Gasteiger partial charge in [-0.1, -0.05) is 30.3 Å². The number of nitrogens with zero attached hydrogens (tertiary/aromatic N) is 2. The zero-order valence-electron chi connectivity index (χ0n) is 17.9. The van der Waals surface area contributed by atoms with Crippen LogP contribution in [0.25, 0.3) is 10.8 Å². The molecule has 0 saturated heterocycles. The zero-order chi connectivity index (χ0) is 24.9. The molecule has 0 aromatic heterocycles. The molecular weight excluding hydrogens is 454 g/mol. The van der Waals surface area contributed by atoms with Gasteiger partial charge in [0, 0.05) is 33.8 Å². The molecule has 0 heterocycles. The molecule has 4 aromatic carbocycles. The predicted octanol–water partition coefficient (Wildman–Crippen LogP) is 4.71. The van der Waals surface area contributed by atoms with Gasteiger partial charge in [-0.2, -0.15) is 10.4 Å². The van der Waals surface area contributed by atoms with Gasteiger partial charge in [-0.05, 0) is 41.8 Å². The summed E-state index contributed by atoms with van der Waals surface area (Å²) < 4.78 is 27.0. The molecule has 0 radical (unpaired) electrons. The molecule has 0 spiro atoms. The molecule has 172 valence electrons. The molecule has 7 nitrogen and oxygen atoms in total. The highest BCUT2D eigenvalue weighted by Gasteiger charge is 2.13. The van der Waals surface area contributed by atoms with E-state index in [4.69, 9.17) is 5.26 Å². The Hall–Kier alpha value is -5.10. The lowest BCUT2D eigenvalue weighted by atomic mass is 10.0. The van der Waals surface area contributed by atoms with E-state index in [1.54, 1.807) is 42.5 Å². The standard InChI is InChI=1S/C26H16F2N4O3/c27-19-10-17(11-20(28)12-19)25(34)31-23-7-5-16(21-3-1-2-4-22(21)23)14-30-32-26(35)15-6-8-24(33)18(9-15)13-29/h1-12,14,33H,(H,31,34)(H,32,35)/b30-14+. The van der Waals surface area contributed by atoms with E-state index >= 15 is 0 Å². The molecule has 35 heavy (non-hydrogen) atoms. The Balaban J connectivity index is 1.56. The lowest BCUT2D eigenvalue weighted by Crippen LogP contribution is -2.17. The Labute approximate surface area is 197 Å². The van der Waals surface area contributed by atoms with Crippen molar-refractivity contribution >= 4 is 34.5 Å². The summed E-state index contributed by atoms with van der Waals surface area (Å²) in [6.45, 7) is 0. The van der Waals surface area contributed by atoms with Crippen molar-refractivity contribution in [2.75, 3.05) is 5.32 Å². The third kappa shape index (κ3) is 5.12. The van der Waals surface area contributed by atoms with E-state index in [-0.39, 0.29) is 22.4 Å². The monoisotopic (exact) mass is 470 g/mol. The van der Waals surface area contributed by atoms with E-state index in [2.05, 4.69) is 15.8 Å². The van der Waals surface area contributed by atoms with Crippen LogP contribution in [0.15, 0.2) is 77.9 Å². The van der Waals surface area contributed by atoms with Gasteiger partial charge in [-0.3, -0.25) is 9.59 Å². The van der Waals surface area contributed by atoms with Crippen molar-refractivity contribution in [3.8, 4) is 11.8 Å². The minimum absolute atomic E-state index is 0.0359. The van der Waals surface area contributed by atoms with Crippen LogP contribution >= 0.6 is 0 Å². The summed E-state index contributed by atoms with van der Waals surface area (Å²) in [5.41, 5.74) is 3.36. The van der Waals surface area contributed by atoms with Gasteiger partial charge in [-0.15, -0.1) is 0 Å². The number of nitriles is 1. The van der Waals surface area contributed by atoms with Gasteiger partial charge in [0.05, 0.1) is 11.8 Å². The number of carbonyl (C=O) groups excluding carboxylic acids is 2. The van der Waals surface area contributed by atoms with Crippen molar-refractivity contribution in [3.63, 3.8) is 0 Å². The van der Waals surface area contributed by atoms with Crippen molar-refractivity contribution in [1.29, 1.82) is 5.26 Å². The largest absolute Gasteiger partial charge is 0.507 e. The summed E-state index contributed by atoms with van der Waals surface area (Å²) in [7, 11) is 0. The molecule has 0 aliphatic rings. The van der Waals surface area contributed by atoms with E-state index in [0.717, 1.165) is 12.1 Å². The summed E-state index contributed by atoms with van der Waals surface area (Å²) in [5.74, 6) is -3.19. The van der Waals surface area contributed by atoms with Gasteiger partial charge in [-0.25, -0.2) is 14.2 Å². The second kappa shape index (κ2) is 9.80. The highest BCUT2D eigenvalue weighted by Crippen LogP contribution is 2.26. The molecule has 9 heteroatoms. The average Bonchev–Trinajstić information content (AvgIpc) is 2.84. The Morgan fingerprint density at radius 1 is 0.886 bits per heavy atom. The Bertz CT molecular complexity index is 1520. The summed E-state index contributed by atoms with van der Waals surface area (Å²) in [4.78, 5) is 24.9. The van der Waals surface area contributed by atoms with Crippen LogP contribution in [0.5, 0.6) is 5.75 Å². The molecule has 0 saturated carbocycles. The number of phenolic OH excluding ortho intramolecular Hbond substituents is 1. The van der Waals surface area contributed by atoms with Crippen LogP contribution in [0.4, 0.5) is 14.5 Å². The van der Waals surface area contributed by atoms with Gasteiger partial charge in [0.1, 0.15) is 23.5 Å². The molecule has 4 rings (SSSR count). The fourth-order valence-corrected chi connectivity index (χ4v) is 3.42. The number of nitrogens with one attached hydrogen (secondary N) is 2. The summed E-state index contributed by atoms with van der Waals surface area (Å²) in [6.07, 6.45) is 1.42. The van der Waals surface area contributed by atoms with Crippen LogP contribution in [0, 0.1) is 23.0 Å². The van der Waals surface area contributed by atoms with E-state index < -0.39 is 23.4 Å². The summed E-state index contributed by atoms with van der Waals surface area (Å²) in [6, 6.07) is 18.6. The molecule has 3 N–H and O–H groups in total. The third-order valence-electron chi connectivity index (χ3n) is 5.08. The topological polar surface area (TPSA) is 115 Å². The SMILES string of the molecule is N#Cc1cc(C(=O)N/N=C/c2ccc(NC(=O)c3cc(F)cc(F)c3)c3ccccc23)ccc1O. The Kier molecular flexibility index (Phi) is 6.46. The first-order valence-corrected chi connectivity index (χ1v) is 10.2. The molecule has 2 amide bonds. The molecule has 0 aliphatic carbocycles. The van der Waals surface area contributed by atoms with Crippen LogP contribution in [0.2, 0.25) is 0 Å². The molecule has 0 unspecified atom stereocenters. The lowest BCUT2D eigenvalue weighted by molar-refractivity contribution is 0.0954. The van der Waals surface area contributed by atoms with E-state index in [1.807, 2.05) is 0 Å². The van der Waals surface area contributed by atoms with Gasteiger partial charge in [0.2, 0.25) is 0 Å². The fraction of sp³-hybridized carbons (Fsp3) is 0. The third-order valence-corrected chi connectivity index (χ3v) is 5.08. The maximum atomic E-state index is 13.5. The van der Waals surface area contributed by atoms with Crippen molar-refractivity contribution in [2.24, 2.45) is 5.10 Å². The van der Waals surface area contributed by atoms with Gasteiger partial charge in [0.15, 0.2) is 0 Å². The first-order chi connectivity index (χ1) is 16.9. The number of hydrazone groups is 1.